The number of hydrogen-bond acceptors (Lipinski definition) is 2. The van der Waals surface area contributed by atoms with Gasteiger partial charge in [-0.15, -0.1) is 0 Å². The van der Waals surface area contributed by atoms with E-state index in [4.69, 9.17) is 4.74 Å². The Kier molecular flexibility index (Phi) is 4.51. The van der Waals surface area contributed by atoms with E-state index in [-0.39, 0.29) is 5.60 Å². The van der Waals surface area contributed by atoms with E-state index in [9.17, 15) is 0 Å². The van der Waals surface area contributed by atoms with Crippen molar-refractivity contribution < 1.29 is 4.74 Å². The Balaban J connectivity index is 2.16. The van der Waals surface area contributed by atoms with Crippen molar-refractivity contribution in [2.24, 2.45) is 0 Å². The molecule has 1 N–H and O–H groups in total. The van der Waals surface area contributed by atoms with Crippen LogP contribution in [0.1, 0.15) is 64.1 Å². The molecule has 1 aliphatic rings. The van der Waals surface area contributed by atoms with Crippen molar-refractivity contribution in [3.05, 3.63) is 29.3 Å². The van der Waals surface area contributed by atoms with Gasteiger partial charge in [-0.3, -0.25) is 0 Å². The lowest BCUT2D eigenvalue weighted by Crippen LogP contribution is -2.24. The Morgan fingerprint density at radius 3 is 2.79 bits per heavy atom. The first-order valence-electron chi connectivity index (χ1n) is 7.61. The molecular formula is C17H27NO. The molecule has 0 aliphatic carbocycles. The fraction of sp³-hybridized carbons (Fsp3) is 0.647. The predicted molar refractivity (Wildman–Crippen MR) is 80.8 cm³/mol. The van der Waals surface area contributed by atoms with E-state index in [2.05, 4.69) is 51.2 Å². The highest BCUT2D eigenvalue weighted by Gasteiger charge is 2.30. The van der Waals surface area contributed by atoms with Crippen LogP contribution in [0.2, 0.25) is 0 Å². The Hall–Kier alpha value is -1.02. The van der Waals surface area contributed by atoms with Gasteiger partial charge in [0.2, 0.25) is 0 Å². The number of hydrogen-bond donors (Lipinski definition) is 1. The monoisotopic (exact) mass is 261 g/mol. The number of ether oxygens (including phenoxy) is 1. The van der Waals surface area contributed by atoms with Crippen LogP contribution in [0.4, 0.5) is 0 Å². The first-order chi connectivity index (χ1) is 9.05. The lowest BCUT2D eigenvalue weighted by molar-refractivity contribution is 0.138. The molecule has 0 amide bonds. The van der Waals surface area contributed by atoms with Crippen LogP contribution in [-0.2, 0) is 6.42 Å². The number of unbranched alkanes of at least 4 members (excludes halogenated alkanes) is 1. The summed E-state index contributed by atoms with van der Waals surface area (Å²) in [5, 5.41) is 3.60. The minimum absolute atomic E-state index is 0.0436. The minimum Gasteiger partial charge on any atom is -0.487 e. The highest BCUT2D eigenvalue weighted by Crippen LogP contribution is 2.36. The topological polar surface area (TPSA) is 21.3 Å². The number of rotatable bonds is 6. The van der Waals surface area contributed by atoms with Crippen molar-refractivity contribution in [3.8, 4) is 5.75 Å². The minimum atomic E-state index is -0.0436. The molecule has 1 aliphatic heterocycles. The van der Waals surface area contributed by atoms with Crippen LogP contribution in [0.15, 0.2) is 18.2 Å². The summed E-state index contributed by atoms with van der Waals surface area (Å²) in [4.78, 5) is 0. The Bertz CT molecular complexity index is 425. The van der Waals surface area contributed by atoms with Gasteiger partial charge in [-0.1, -0.05) is 38.8 Å². The van der Waals surface area contributed by atoms with Crippen LogP contribution in [-0.4, -0.2) is 12.1 Å². The predicted octanol–water partition coefficient (Wildman–Crippen LogP) is 4.24. The first-order valence-corrected chi connectivity index (χ1v) is 7.61. The highest BCUT2D eigenvalue weighted by molar-refractivity contribution is 5.42. The molecule has 1 unspecified atom stereocenters. The quantitative estimate of drug-likeness (QED) is 0.827. The maximum absolute atomic E-state index is 5.95. The number of nitrogens with one attached hydrogen (secondary N) is 1. The molecule has 0 aromatic heterocycles. The van der Waals surface area contributed by atoms with Gasteiger partial charge in [-0.2, -0.15) is 0 Å². The maximum atomic E-state index is 5.95. The third-order valence-electron chi connectivity index (χ3n) is 3.79. The summed E-state index contributed by atoms with van der Waals surface area (Å²) in [5.41, 5.74) is 2.73. The third kappa shape index (κ3) is 3.50. The molecule has 0 saturated carbocycles. The zero-order valence-corrected chi connectivity index (χ0v) is 12.8. The molecule has 2 rings (SSSR count). The largest absolute Gasteiger partial charge is 0.487 e. The summed E-state index contributed by atoms with van der Waals surface area (Å²) >= 11 is 0. The Labute approximate surface area is 117 Å². The smallest absolute Gasteiger partial charge is 0.123 e. The summed E-state index contributed by atoms with van der Waals surface area (Å²) in [6, 6.07) is 7.20. The van der Waals surface area contributed by atoms with Gasteiger partial charge in [0, 0.05) is 12.5 Å². The van der Waals surface area contributed by atoms with Gasteiger partial charge >= 0.3 is 0 Å². The van der Waals surface area contributed by atoms with E-state index in [0.29, 0.717) is 6.04 Å². The standard InChI is InChI=1S/C17H27NO/c1-5-7-8-15(18-6-2)13-9-10-16-14(11-13)12-17(3,4)19-16/h9-11,15,18H,5-8,12H2,1-4H3. The van der Waals surface area contributed by atoms with Gasteiger partial charge in [0.1, 0.15) is 11.4 Å². The fourth-order valence-electron chi connectivity index (χ4n) is 2.89. The summed E-state index contributed by atoms with van der Waals surface area (Å²) in [5.74, 6) is 1.07. The molecule has 1 aromatic carbocycles. The van der Waals surface area contributed by atoms with Crippen molar-refractivity contribution in [2.75, 3.05) is 6.54 Å². The Morgan fingerprint density at radius 2 is 2.11 bits per heavy atom. The van der Waals surface area contributed by atoms with Crippen LogP contribution in [0.5, 0.6) is 5.75 Å². The molecule has 0 spiro atoms. The van der Waals surface area contributed by atoms with Gasteiger partial charge in [0.15, 0.2) is 0 Å². The zero-order valence-electron chi connectivity index (χ0n) is 12.8. The average molecular weight is 261 g/mol. The molecule has 1 aromatic rings. The van der Waals surface area contributed by atoms with Gasteiger partial charge in [-0.05, 0) is 44.0 Å². The fourth-order valence-corrected chi connectivity index (χ4v) is 2.89. The second-order valence-corrected chi connectivity index (χ2v) is 6.16. The van der Waals surface area contributed by atoms with E-state index in [1.807, 2.05) is 0 Å². The highest BCUT2D eigenvalue weighted by atomic mass is 16.5. The second kappa shape index (κ2) is 5.96. The van der Waals surface area contributed by atoms with Crippen LogP contribution < -0.4 is 10.1 Å². The van der Waals surface area contributed by atoms with Crippen molar-refractivity contribution in [2.45, 2.75) is 65.0 Å². The van der Waals surface area contributed by atoms with Crippen molar-refractivity contribution in [1.29, 1.82) is 0 Å². The zero-order chi connectivity index (χ0) is 13.9. The summed E-state index contributed by atoms with van der Waals surface area (Å²) in [6.07, 6.45) is 4.76. The first kappa shape index (κ1) is 14.4. The molecular weight excluding hydrogens is 234 g/mol. The molecule has 1 atom stereocenters. The lowest BCUT2D eigenvalue weighted by atomic mass is 9.95. The van der Waals surface area contributed by atoms with Gasteiger partial charge in [0.05, 0.1) is 0 Å². The average Bonchev–Trinajstić information content (AvgIpc) is 2.67. The van der Waals surface area contributed by atoms with Crippen LogP contribution in [0.3, 0.4) is 0 Å². The van der Waals surface area contributed by atoms with E-state index in [1.165, 1.54) is 30.4 Å². The number of benzene rings is 1. The van der Waals surface area contributed by atoms with E-state index < -0.39 is 0 Å². The van der Waals surface area contributed by atoms with Crippen LogP contribution in [0.25, 0.3) is 0 Å². The normalized spacial score (nSPS) is 17.9. The maximum Gasteiger partial charge on any atom is 0.123 e. The molecule has 0 saturated heterocycles. The third-order valence-corrected chi connectivity index (χ3v) is 3.79. The van der Waals surface area contributed by atoms with Crippen molar-refractivity contribution in [1.82, 2.24) is 5.32 Å². The lowest BCUT2D eigenvalue weighted by Gasteiger charge is -2.18. The van der Waals surface area contributed by atoms with Crippen molar-refractivity contribution >= 4 is 0 Å². The SMILES string of the molecule is CCCCC(NCC)c1ccc2c(c1)CC(C)(C)O2. The van der Waals surface area contributed by atoms with Gasteiger partial charge in [-0.25, -0.2) is 0 Å². The summed E-state index contributed by atoms with van der Waals surface area (Å²) < 4.78 is 5.95. The van der Waals surface area contributed by atoms with Crippen LogP contribution >= 0.6 is 0 Å². The molecule has 0 bridgehead atoms. The molecule has 0 radical (unpaired) electrons. The molecule has 2 heteroatoms. The molecule has 1 heterocycles. The molecule has 106 valence electrons. The summed E-state index contributed by atoms with van der Waals surface area (Å²) in [6.45, 7) is 9.77. The van der Waals surface area contributed by atoms with Gasteiger partial charge in [0.25, 0.3) is 0 Å². The van der Waals surface area contributed by atoms with E-state index in [1.54, 1.807) is 0 Å². The van der Waals surface area contributed by atoms with Crippen molar-refractivity contribution in [3.63, 3.8) is 0 Å². The summed E-state index contributed by atoms with van der Waals surface area (Å²) in [7, 11) is 0. The molecule has 2 nitrogen and oxygen atoms in total. The van der Waals surface area contributed by atoms with E-state index >= 15 is 0 Å². The van der Waals surface area contributed by atoms with Gasteiger partial charge < -0.3 is 10.1 Å². The second-order valence-electron chi connectivity index (χ2n) is 6.16. The molecule has 19 heavy (non-hydrogen) atoms. The van der Waals surface area contributed by atoms with E-state index in [0.717, 1.165) is 18.7 Å². The molecule has 0 fully saturated rings. The van der Waals surface area contributed by atoms with Crippen LogP contribution in [0, 0.1) is 0 Å². The number of fused-ring (bicyclic) bond motifs is 1. The Morgan fingerprint density at radius 1 is 1.32 bits per heavy atom.